The average Bonchev–Trinajstić information content (AvgIpc) is 2.40. The zero-order valence-electron chi connectivity index (χ0n) is 10.1. The molecule has 1 N–H and O–H groups in total. The SMILES string of the molecule is Cc1ccccn1.O=c1cc2ccccc2c[nH]1. The van der Waals surface area contributed by atoms with Gasteiger partial charge in [-0.1, -0.05) is 30.3 Å². The molecule has 3 rings (SSSR count). The lowest BCUT2D eigenvalue weighted by Gasteiger charge is -1.92. The normalized spacial score (nSPS) is 9.61. The van der Waals surface area contributed by atoms with E-state index in [1.54, 1.807) is 18.5 Å². The van der Waals surface area contributed by atoms with Crippen LogP contribution < -0.4 is 5.56 Å². The molecular weight excluding hydrogens is 224 g/mol. The smallest absolute Gasteiger partial charge is 0.248 e. The number of aryl methyl sites for hydroxylation is 1. The van der Waals surface area contributed by atoms with Gasteiger partial charge in [0.15, 0.2) is 0 Å². The first-order chi connectivity index (χ1) is 8.75. The van der Waals surface area contributed by atoms with Crippen LogP contribution in [-0.2, 0) is 0 Å². The topological polar surface area (TPSA) is 45.8 Å². The van der Waals surface area contributed by atoms with Crippen molar-refractivity contribution < 1.29 is 0 Å². The van der Waals surface area contributed by atoms with Crippen molar-refractivity contribution in [1.29, 1.82) is 0 Å². The molecule has 0 unspecified atom stereocenters. The van der Waals surface area contributed by atoms with Crippen LogP contribution >= 0.6 is 0 Å². The van der Waals surface area contributed by atoms with Gasteiger partial charge in [-0.15, -0.1) is 0 Å². The van der Waals surface area contributed by atoms with Gasteiger partial charge in [0.25, 0.3) is 0 Å². The molecule has 3 heteroatoms. The third-order valence-electron chi connectivity index (χ3n) is 2.47. The number of nitrogens with one attached hydrogen (secondary N) is 1. The summed E-state index contributed by atoms with van der Waals surface area (Å²) in [4.78, 5) is 17.4. The van der Waals surface area contributed by atoms with Gasteiger partial charge in [0, 0.05) is 24.2 Å². The lowest BCUT2D eigenvalue weighted by molar-refractivity contribution is 1.20. The minimum atomic E-state index is -0.0521. The predicted molar refractivity (Wildman–Crippen MR) is 73.5 cm³/mol. The van der Waals surface area contributed by atoms with E-state index in [1.165, 1.54) is 0 Å². The van der Waals surface area contributed by atoms with Crippen LogP contribution in [0.15, 0.2) is 65.7 Å². The zero-order chi connectivity index (χ0) is 12.8. The van der Waals surface area contributed by atoms with Crippen LogP contribution in [0.3, 0.4) is 0 Å². The second kappa shape index (κ2) is 5.77. The third-order valence-corrected chi connectivity index (χ3v) is 2.47. The number of rotatable bonds is 0. The number of hydrogen-bond acceptors (Lipinski definition) is 2. The molecule has 0 amide bonds. The van der Waals surface area contributed by atoms with Crippen molar-refractivity contribution in [2.75, 3.05) is 0 Å². The van der Waals surface area contributed by atoms with Crippen LogP contribution in [0.1, 0.15) is 5.69 Å². The second-order valence-corrected chi connectivity index (χ2v) is 3.90. The molecule has 1 aromatic carbocycles. The minimum absolute atomic E-state index is 0.0521. The molecule has 2 heterocycles. The molecule has 0 atom stereocenters. The van der Waals surface area contributed by atoms with Gasteiger partial charge in [-0.25, -0.2) is 0 Å². The van der Waals surface area contributed by atoms with Crippen molar-refractivity contribution in [3.8, 4) is 0 Å². The number of aromatic nitrogens is 2. The number of fused-ring (bicyclic) bond motifs is 1. The fourth-order valence-electron chi connectivity index (χ4n) is 1.55. The van der Waals surface area contributed by atoms with Crippen molar-refractivity contribution in [2.45, 2.75) is 6.92 Å². The van der Waals surface area contributed by atoms with Gasteiger partial charge in [-0.3, -0.25) is 9.78 Å². The zero-order valence-corrected chi connectivity index (χ0v) is 10.1. The fraction of sp³-hybridized carbons (Fsp3) is 0.0667. The Hall–Kier alpha value is -2.42. The first kappa shape index (κ1) is 12.0. The Kier molecular flexibility index (Phi) is 3.86. The Morgan fingerprint density at radius 2 is 1.72 bits per heavy atom. The minimum Gasteiger partial charge on any atom is -0.328 e. The number of hydrogen-bond donors (Lipinski definition) is 1. The molecule has 0 saturated heterocycles. The van der Waals surface area contributed by atoms with Gasteiger partial charge in [0.05, 0.1) is 0 Å². The Bertz CT molecular complexity index is 674. The van der Waals surface area contributed by atoms with Crippen LogP contribution in [0.2, 0.25) is 0 Å². The highest BCUT2D eigenvalue weighted by Gasteiger charge is 1.89. The summed E-state index contributed by atoms with van der Waals surface area (Å²) in [5, 5.41) is 2.04. The molecule has 0 aliphatic carbocycles. The van der Waals surface area contributed by atoms with Crippen LogP contribution in [0.4, 0.5) is 0 Å². The van der Waals surface area contributed by atoms with Gasteiger partial charge >= 0.3 is 0 Å². The summed E-state index contributed by atoms with van der Waals surface area (Å²) >= 11 is 0. The standard InChI is InChI=1S/C9H7NO.C6H7N/c11-9-5-7-3-1-2-4-8(7)6-10-9;1-6-4-2-3-5-7-6/h1-6H,(H,10,11);2-5H,1H3. The molecule has 2 aromatic heterocycles. The molecule has 0 spiro atoms. The molecule has 18 heavy (non-hydrogen) atoms. The average molecular weight is 238 g/mol. The summed E-state index contributed by atoms with van der Waals surface area (Å²) in [6.45, 7) is 1.97. The van der Waals surface area contributed by atoms with Crippen molar-refractivity contribution in [2.24, 2.45) is 0 Å². The first-order valence-electron chi connectivity index (χ1n) is 5.71. The highest BCUT2D eigenvalue weighted by Crippen LogP contribution is 2.07. The third kappa shape index (κ3) is 3.28. The van der Waals surface area contributed by atoms with Crippen LogP contribution in [0.5, 0.6) is 0 Å². The molecule has 0 bridgehead atoms. The maximum absolute atomic E-state index is 10.8. The second-order valence-electron chi connectivity index (χ2n) is 3.90. The van der Waals surface area contributed by atoms with E-state index >= 15 is 0 Å². The Balaban J connectivity index is 0.000000149. The summed E-state index contributed by atoms with van der Waals surface area (Å²) in [6, 6.07) is 15.2. The van der Waals surface area contributed by atoms with E-state index in [0.29, 0.717) is 0 Å². The van der Waals surface area contributed by atoms with Crippen molar-refractivity contribution in [1.82, 2.24) is 9.97 Å². The number of nitrogens with zero attached hydrogens (tertiary/aromatic N) is 1. The van der Waals surface area contributed by atoms with Crippen LogP contribution in [0.25, 0.3) is 10.8 Å². The molecule has 0 saturated carbocycles. The highest BCUT2D eigenvalue weighted by molar-refractivity contribution is 5.80. The van der Waals surface area contributed by atoms with Crippen molar-refractivity contribution in [3.05, 3.63) is 77.0 Å². The molecule has 0 aliphatic rings. The Labute approximate surface area is 105 Å². The fourth-order valence-corrected chi connectivity index (χ4v) is 1.55. The van der Waals surface area contributed by atoms with E-state index in [2.05, 4.69) is 9.97 Å². The summed E-state index contributed by atoms with van der Waals surface area (Å²) in [5.74, 6) is 0. The van der Waals surface area contributed by atoms with Crippen LogP contribution in [0, 0.1) is 6.92 Å². The summed E-state index contributed by atoms with van der Waals surface area (Å²) in [7, 11) is 0. The highest BCUT2D eigenvalue weighted by atomic mass is 16.1. The van der Waals surface area contributed by atoms with E-state index in [9.17, 15) is 4.79 Å². The van der Waals surface area contributed by atoms with E-state index in [4.69, 9.17) is 0 Å². The number of H-pyrrole nitrogens is 1. The monoisotopic (exact) mass is 238 g/mol. The quantitative estimate of drug-likeness (QED) is 0.654. The van der Waals surface area contributed by atoms with E-state index in [-0.39, 0.29) is 5.56 Å². The summed E-state index contributed by atoms with van der Waals surface area (Å²) in [5.41, 5.74) is 1.02. The van der Waals surface area contributed by atoms with E-state index < -0.39 is 0 Å². The number of benzene rings is 1. The molecule has 0 aliphatic heterocycles. The molecule has 0 radical (unpaired) electrons. The lowest BCUT2D eigenvalue weighted by atomic mass is 10.2. The van der Waals surface area contributed by atoms with Gasteiger partial charge in [0.2, 0.25) is 5.56 Å². The summed E-state index contributed by atoms with van der Waals surface area (Å²) < 4.78 is 0. The molecular formula is C15H14N2O. The van der Waals surface area contributed by atoms with Crippen molar-refractivity contribution in [3.63, 3.8) is 0 Å². The van der Waals surface area contributed by atoms with E-state index in [1.807, 2.05) is 49.4 Å². The van der Waals surface area contributed by atoms with Crippen molar-refractivity contribution >= 4 is 10.8 Å². The van der Waals surface area contributed by atoms with Crippen LogP contribution in [-0.4, -0.2) is 9.97 Å². The van der Waals surface area contributed by atoms with Gasteiger partial charge < -0.3 is 4.98 Å². The predicted octanol–water partition coefficient (Wildman–Crippen LogP) is 2.92. The van der Waals surface area contributed by atoms with Gasteiger partial charge in [0.1, 0.15) is 0 Å². The maximum Gasteiger partial charge on any atom is 0.248 e. The number of pyridine rings is 2. The Morgan fingerprint density at radius 3 is 2.33 bits per heavy atom. The summed E-state index contributed by atoms with van der Waals surface area (Å²) in [6.07, 6.45) is 3.51. The largest absolute Gasteiger partial charge is 0.328 e. The Morgan fingerprint density at radius 1 is 1.00 bits per heavy atom. The lowest BCUT2D eigenvalue weighted by Crippen LogP contribution is -2.00. The first-order valence-corrected chi connectivity index (χ1v) is 5.71. The van der Waals surface area contributed by atoms with E-state index in [0.717, 1.165) is 16.5 Å². The molecule has 3 nitrogen and oxygen atoms in total. The maximum atomic E-state index is 10.8. The molecule has 3 aromatic rings. The molecule has 90 valence electrons. The molecule has 0 fully saturated rings. The van der Waals surface area contributed by atoms with Gasteiger partial charge in [-0.2, -0.15) is 0 Å². The number of aromatic amines is 1. The van der Waals surface area contributed by atoms with Gasteiger partial charge in [-0.05, 0) is 29.8 Å².